The Morgan fingerprint density at radius 2 is 2.00 bits per heavy atom. The summed E-state index contributed by atoms with van der Waals surface area (Å²) in [6.07, 6.45) is 1.56. The molecule has 1 aromatic heterocycles. The predicted molar refractivity (Wildman–Crippen MR) is 99.6 cm³/mol. The van der Waals surface area contributed by atoms with Gasteiger partial charge in [-0.15, -0.1) is 5.10 Å². The summed E-state index contributed by atoms with van der Waals surface area (Å²) < 4.78 is 5.34. The number of ether oxygens (including phenoxy) is 1. The first-order valence-electron chi connectivity index (χ1n) is 7.74. The molecule has 3 aromatic rings. The molecule has 0 saturated carbocycles. The number of para-hydroxylation sites is 1. The molecule has 1 heterocycles. The fourth-order valence-corrected chi connectivity index (χ4v) is 2.50. The zero-order valence-electron chi connectivity index (χ0n) is 14.0. The molecule has 2 aromatic carbocycles. The van der Waals surface area contributed by atoms with Crippen molar-refractivity contribution in [1.29, 1.82) is 0 Å². The molecular formula is C18H18ClN5O. The van der Waals surface area contributed by atoms with Gasteiger partial charge in [-0.1, -0.05) is 35.9 Å². The van der Waals surface area contributed by atoms with Crippen molar-refractivity contribution >= 4 is 29.1 Å². The average molecular weight is 356 g/mol. The molecule has 0 saturated heterocycles. The van der Waals surface area contributed by atoms with Gasteiger partial charge in [0.2, 0.25) is 5.95 Å². The number of aryl methyl sites for hydroxylation is 1. The lowest BCUT2D eigenvalue weighted by Gasteiger charge is -2.11. The van der Waals surface area contributed by atoms with Crippen molar-refractivity contribution < 1.29 is 4.74 Å². The third-order valence-corrected chi connectivity index (χ3v) is 3.89. The van der Waals surface area contributed by atoms with E-state index in [0.717, 1.165) is 22.6 Å². The van der Waals surface area contributed by atoms with Crippen LogP contribution in [0.1, 0.15) is 11.1 Å². The Labute approximate surface area is 151 Å². The van der Waals surface area contributed by atoms with Crippen LogP contribution in [0.15, 0.2) is 48.7 Å². The first kappa shape index (κ1) is 17.0. The first-order valence-corrected chi connectivity index (χ1v) is 8.12. The minimum atomic E-state index is 0.426. The maximum absolute atomic E-state index is 6.05. The second kappa shape index (κ2) is 7.81. The monoisotopic (exact) mass is 355 g/mol. The molecule has 0 atom stereocenters. The van der Waals surface area contributed by atoms with Crippen LogP contribution in [-0.2, 0) is 6.54 Å². The maximum atomic E-state index is 6.05. The van der Waals surface area contributed by atoms with Gasteiger partial charge in [-0.05, 0) is 30.7 Å². The normalized spacial score (nSPS) is 10.4. The number of nitrogens with zero attached hydrogens (tertiary/aromatic N) is 3. The highest BCUT2D eigenvalue weighted by Crippen LogP contribution is 2.23. The summed E-state index contributed by atoms with van der Waals surface area (Å²) in [5.41, 5.74) is 2.95. The van der Waals surface area contributed by atoms with E-state index >= 15 is 0 Å². The van der Waals surface area contributed by atoms with Crippen LogP contribution < -0.4 is 15.4 Å². The summed E-state index contributed by atoms with van der Waals surface area (Å²) in [4.78, 5) is 4.43. The maximum Gasteiger partial charge on any atom is 0.244 e. The zero-order valence-corrected chi connectivity index (χ0v) is 14.7. The third kappa shape index (κ3) is 4.36. The van der Waals surface area contributed by atoms with E-state index in [4.69, 9.17) is 16.3 Å². The van der Waals surface area contributed by atoms with Crippen LogP contribution in [0.4, 0.5) is 17.5 Å². The van der Waals surface area contributed by atoms with E-state index in [1.165, 1.54) is 0 Å². The summed E-state index contributed by atoms with van der Waals surface area (Å²) in [5.74, 6) is 1.82. The molecule has 0 fully saturated rings. The summed E-state index contributed by atoms with van der Waals surface area (Å²) in [6.45, 7) is 2.53. The number of halogens is 1. The lowest BCUT2D eigenvalue weighted by Crippen LogP contribution is -2.07. The molecule has 6 nitrogen and oxygen atoms in total. The number of methoxy groups -OCH3 is 1. The van der Waals surface area contributed by atoms with Gasteiger partial charge in [-0.2, -0.15) is 10.1 Å². The van der Waals surface area contributed by atoms with Gasteiger partial charge in [0, 0.05) is 22.8 Å². The Hall–Kier alpha value is -2.86. The number of hydrogen-bond acceptors (Lipinski definition) is 6. The van der Waals surface area contributed by atoms with E-state index in [1.807, 2.05) is 49.4 Å². The van der Waals surface area contributed by atoms with Gasteiger partial charge < -0.3 is 15.4 Å². The van der Waals surface area contributed by atoms with Crippen LogP contribution >= 0.6 is 11.6 Å². The Balaban J connectivity index is 1.72. The van der Waals surface area contributed by atoms with E-state index in [9.17, 15) is 0 Å². The average Bonchev–Trinajstić information content (AvgIpc) is 2.63. The van der Waals surface area contributed by atoms with Crippen molar-refractivity contribution in [2.24, 2.45) is 0 Å². The van der Waals surface area contributed by atoms with Gasteiger partial charge in [0.25, 0.3) is 0 Å². The number of aromatic nitrogens is 3. The third-order valence-electron chi connectivity index (χ3n) is 3.65. The molecule has 0 spiro atoms. The molecule has 3 rings (SSSR count). The minimum absolute atomic E-state index is 0.426. The second-order valence-electron chi connectivity index (χ2n) is 5.41. The van der Waals surface area contributed by atoms with E-state index < -0.39 is 0 Å². The molecule has 0 aliphatic carbocycles. The second-order valence-corrected chi connectivity index (χ2v) is 5.85. The van der Waals surface area contributed by atoms with E-state index in [1.54, 1.807) is 13.3 Å². The molecule has 0 radical (unpaired) electrons. The van der Waals surface area contributed by atoms with Crippen molar-refractivity contribution in [3.63, 3.8) is 0 Å². The predicted octanol–water partition coefficient (Wildman–Crippen LogP) is 4.20. The fourth-order valence-electron chi connectivity index (χ4n) is 2.33. The van der Waals surface area contributed by atoms with E-state index in [-0.39, 0.29) is 0 Å². The number of rotatable bonds is 6. The van der Waals surface area contributed by atoms with Crippen molar-refractivity contribution in [3.05, 3.63) is 64.8 Å². The van der Waals surface area contributed by atoms with Gasteiger partial charge >= 0.3 is 0 Å². The van der Waals surface area contributed by atoms with Crippen molar-refractivity contribution in [1.82, 2.24) is 15.2 Å². The van der Waals surface area contributed by atoms with Crippen LogP contribution in [0, 0.1) is 6.92 Å². The van der Waals surface area contributed by atoms with E-state index in [2.05, 4.69) is 25.8 Å². The van der Waals surface area contributed by atoms with Crippen molar-refractivity contribution in [2.75, 3.05) is 17.7 Å². The van der Waals surface area contributed by atoms with Crippen LogP contribution in [0.2, 0.25) is 5.02 Å². The number of hydrogen-bond donors (Lipinski definition) is 2. The molecule has 0 bridgehead atoms. The molecule has 25 heavy (non-hydrogen) atoms. The smallest absolute Gasteiger partial charge is 0.244 e. The molecular weight excluding hydrogens is 338 g/mol. The van der Waals surface area contributed by atoms with Gasteiger partial charge in [-0.25, -0.2) is 0 Å². The molecule has 0 unspecified atom stereocenters. The minimum Gasteiger partial charge on any atom is -0.496 e. The lowest BCUT2D eigenvalue weighted by atomic mass is 10.2. The first-order chi connectivity index (χ1) is 12.2. The summed E-state index contributed by atoms with van der Waals surface area (Å²) >= 11 is 6.05. The highest BCUT2D eigenvalue weighted by molar-refractivity contribution is 6.30. The Morgan fingerprint density at radius 3 is 2.84 bits per heavy atom. The van der Waals surface area contributed by atoms with Gasteiger partial charge in [-0.3, -0.25) is 0 Å². The Kier molecular flexibility index (Phi) is 5.30. The number of benzene rings is 2. The molecule has 0 amide bonds. The molecule has 0 aliphatic rings. The highest BCUT2D eigenvalue weighted by Gasteiger charge is 2.06. The van der Waals surface area contributed by atoms with E-state index in [0.29, 0.717) is 23.3 Å². The van der Waals surface area contributed by atoms with Gasteiger partial charge in [0.1, 0.15) is 5.75 Å². The van der Waals surface area contributed by atoms with Crippen molar-refractivity contribution in [3.8, 4) is 5.75 Å². The highest BCUT2D eigenvalue weighted by atomic mass is 35.5. The largest absolute Gasteiger partial charge is 0.496 e. The summed E-state index contributed by atoms with van der Waals surface area (Å²) in [7, 11) is 1.65. The topological polar surface area (TPSA) is 72.0 Å². The fraction of sp³-hybridized carbons (Fsp3) is 0.167. The Morgan fingerprint density at radius 1 is 1.16 bits per heavy atom. The quantitative estimate of drug-likeness (QED) is 0.690. The van der Waals surface area contributed by atoms with Gasteiger partial charge in [0.05, 0.1) is 13.3 Å². The summed E-state index contributed by atoms with van der Waals surface area (Å²) in [5, 5.41) is 15.0. The molecule has 0 aliphatic heterocycles. The van der Waals surface area contributed by atoms with Crippen LogP contribution in [0.5, 0.6) is 5.75 Å². The van der Waals surface area contributed by atoms with Crippen LogP contribution in [0.3, 0.4) is 0 Å². The molecule has 128 valence electrons. The lowest BCUT2D eigenvalue weighted by molar-refractivity contribution is 0.410. The zero-order chi connectivity index (χ0) is 17.6. The SMILES string of the molecule is COc1ccccc1CNc1nncc(Nc2cc(Cl)ccc2C)n1. The summed E-state index contributed by atoms with van der Waals surface area (Å²) in [6, 6.07) is 13.4. The van der Waals surface area contributed by atoms with Crippen molar-refractivity contribution in [2.45, 2.75) is 13.5 Å². The van der Waals surface area contributed by atoms with Crippen LogP contribution in [-0.4, -0.2) is 22.3 Å². The standard InChI is InChI=1S/C18H18ClN5O/c1-12-7-8-14(19)9-15(12)22-17-11-21-24-18(23-17)20-10-13-5-3-4-6-16(13)25-2/h3-9,11H,10H2,1-2H3,(H2,20,22,23,24). The Bertz CT molecular complexity index is 872. The molecule has 7 heteroatoms. The van der Waals surface area contributed by atoms with Crippen LogP contribution in [0.25, 0.3) is 0 Å². The number of anilines is 3. The van der Waals surface area contributed by atoms with Gasteiger partial charge in [0.15, 0.2) is 5.82 Å². The molecule has 2 N–H and O–H groups in total. The number of nitrogens with one attached hydrogen (secondary N) is 2.